The van der Waals surface area contributed by atoms with E-state index < -0.39 is 0 Å². The van der Waals surface area contributed by atoms with Crippen molar-refractivity contribution in [2.75, 3.05) is 16.8 Å². The number of hydrogen-bond acceptors (Lipinski definition) is 4. The maximum atomic E-state index is 6.34. The van der Waals surface area contributed by atoms with Crippen molar-refractivity contribution >= 4 is 52.3 Å². The summed E-state index contributed by atoms with van der Waals surface area (Å²) in [4.78, 5) is 11.2. The third-order valence-electron chi connectivity index (χ3n) is 6.93. The number of nitrogens with zero attached hydrogens (tertiary/aromatic N) is 3. The topological polar surface area (TPSA) is 53.1 Å². The molecule has 2 heterocycles. The van der Waals surface area contributed by atoms with Crippen LogP contribution in [0.4, 0.5) is 11.8 Å². The van der Waals surface area contributed by atoms with Gasteiger partial charge < -0.3 is 15.5 Å². The number of rotatable bonds is 5. The predicted octanol–water partition coefficient (Wildman–Crippen LogP) is 6.49. The Balaban J connectivity index is 1.27. The Hall–Kier alpha value is -2.41. The van der Waals surface area contributed by atoms with Gasteiger partial charge >= 0.3 is 0 Å². The van der Waals surface area contributed by atoms with Crippen LogP contribution in [0.15, 0.2) is 54.6 Å². The van der Waals surface area contributed by atoms with E-state index in [1.165, 1.54) is 36.0 Å². The first kappa shape index (κ1) is 23.3. The van der Waals surface area contributed by atoms with E-state index in [1.54, 1.807) is 6.07 Å². The van der Waals surface area contributed by atoms with Gasteiger partial charge in [0.25, 0.3) is 0 Å². The van der Waals surface area contributed by atoms with E-state index in [0.29, 0.717) is 16.2 Å². The smallest absolute Gasteiger partial charge is 0.232 e. The van der Waals surface area contributed by atoms with Gasteiger partial charge in [-0.1, -0.05) is 78.9 Å². The molecule has 0 bridgehead atoms. The molecular weight excluding hydrogens is 485 g/mol. The van der Waals surface area contributed by atoms with Gasteiger partial charge in [-0.25, -0.2) is 4.98 Å². The molecule has 1 aliphatic carbocycles. The number of halogens is 2. The van der Waals surface area contributed by atoms with Crippen LogP contribution >= 0.6 is 35.4 Å². The molecule has 0 radical (unpaired) electrons. The number of aromatic nitrogens is 2. The molecule has 2 N–H and O–H groups in total. The molecule has 2 aromatic carbocycles. The first-order valence-electron chi connectivity index (χ1n) is 11.7. The Labute approximate surface area is 215 Å². The largest absolute Gasteiger partial charge is 0.361 e. The molecule has 1 aliphatic heterocycles. The van der Waals surface area contributed by atoms with E-state index in [1.807, 2.05) is 12.1 Å². The van der Waals surface area contributed by atoms with E-state index >= 15 is 0 Å². The van der Waals surface area contributed by atoms with Gasteiger partial charge in [0.15, 0.2) is 5.11 Å². The van der Waals surface area contributed by atoms with Crippen LogP contribution in [0.1, 0.15) is 48.8 Å². The molecule has 176 valence electrons. The molecule has 0 spiro atoms. The van der Waals surface area contributed by atoms with E-state index in [0.717, 1.165) is 43.3 Å². The quantitative estimate of drug-likeness (QED) is 0.301. The molecule has 1 aromatic heterocycles. The summed E-state index contributed by atoms with van der Waals surface area (Å²) in [7, 11) is 0. The summed E-state index contributed by atoms with van der Waals surface area (Å²) in [5.41, 5.74) is 3.96. The molecule has 2 aliphatic rings. The molecule has 1 saturated carbocycles. The van der Waals surface area contributed by atoms with Crippen molar-refractivity contribution in [2.24, 2.45) is 0 Å². The molecule has 34 heavy (non-hydrogen) atoms. The maximum Gasteiger partial charge on any atom is 0.232 e. The fourth-order valence-corrected chi connectivity index (χ4v) is 5.58. The fraction of sp³-hybridized carbons (Fsp3) is 0.346. The number of benzene rings is 2. The summed E-state index contributed by atoms with van der Waals surface area (Å²) in [6.07, 6.45) is 5.94. The summed E-state index contributed by atoms with van der Waals surface area (Å²) in [5, 5.41) is 8.22. The van der Waals surface area contributed by atoms with Crippen LogP contribution in [0, 0.1) is 0 Å². The number of hydrogen-bond donors (Lipinski definition) is 2. The van der Waals surface area contributed by atoms with E-state index in [9.17, 15) is 0 Å². The van der Waals surface area contributed by atoms with Crippen molar-refractivity contribution in [2.45, 2.75) is 50.6 Å². The second-order valence-corrected chi connectivity index (χ2v) is 10.4. The van der Waals surface area contributed by atoms with Crippen LogP contribution in [-0.4, -0.2) is 21.6 Å². The van der Waals surface area contributed by atoms with Crippen molar-refractivity contribution in [3.05, 3.63) is 81.5 Å². The summed E-state index contributed by atoms with van der Waals surface area (Å²) in [6.45, 7) is 2.35. The van der Waals surface area contributed by atoms with Crippen LogP contribution < -0.4 is 15.5 Å². The summed E-state index contributed by atoms with van der Waals surface area (Å²) in [5.74, 6) is 1.19. The number of anilines is 2. The molecular formula is C26H27Cl2N5S. The standard InChI is InChI=1S/C26H27Cl2N5S/c27-21-10-8-20(9-11-21)26(12-4-1-5-13-26)17-29-25(34)32-24-30-22(28)14-23(31-24)33-15-18-6-2-3-7-19(18)16-33/h2-3,6-11,14H,1,4-5,12-13,15-17H2,(H2,29,30,31,32,34). The van der Waals surface area contributed by atoms with Crippen LogP contribution in [-0.2, 0) is 18.5 Å². The van der Waals surface area contributed by atoms with Crippen molar-refractivity contribution < 1.29 is 0 Å². The van der Waals surface area contributed by atoms with Gasteiger partial charge in [-0.2, -0.15) is 4.98 Å². The molecule has 5 nitrogen and oxygen atoms in total. The molecule has 0 amide bonds. The average molecular weight is 513 g/mol. The number of thiocarbonyl (C=S) groups is 1. The number of fused-ring (bicyclic) bond motifs is 1. The average Bonchev–Trinajstić information content (AvgIpc) is 3.28. The van der Waals surface area contributed by atoms with Gasteiger partial charge in [0.05, 0.1) is 0 Å². The van der Waals surface area contributed by atoms with Gasteiger partial charge in [-0.15, -0.1) is 0 Å². The molecule has 8 heteroatoms. The van der Waals surface area contributed by atoms with Gasteiger partial charge in [-0.05, 0) is 53.9 Å². The SMILES string of the molecule is S=C(NCC1(c2ccc(Cl)cc2)CCCCC1)Nc1nc(Cl)cc(N2Cc3ccccc3C2)n1. The first-order chi connectivity index (χ1) is 16.5. The second kappa shape index (κ2) is 10.1. The van der Waals surface area contributed by atoms with E-state index in [4.69, 9.17) is 40.4 Å². The van der Waals surface area contributed by atoms with Gasteiger partial charge in [0.2, 0.25) is 5.95 Å². The monoisotopic (exact) mass is 511 g/mol. The highest BCUT2D eigenvalue weighted by Crippen LogP contribution is 2.39. The van der Waals surface area contributed by atoms with Crippen molar-refractivity contribution in [1.29, 1.82) is 0 Å². The predicted molar refractivity (Wildman–Crippen MR) is 144 cm³/mol. The zero-order valence-corrected chi connectivity index (χ0v) is 21.2. The molecule has 3 aromatic rings. The first-order valence-corrected chi connectivity index (χ1v) is 12.8. The summed E-state index contributed by atoms with van der Waals surface area (Å²) in [6, 6.07) is 18.5. The highest BCUT2D eigenvalue weighted by Gasteiger charge is 2.34. The molecule has 1 fully saturated rings. The molecule has 5 rings (SSSR count). The van der Waals surface area contributed by atoms with Crippen LogP contribution in [0.25, 0.3) is 0 Å². The normalized spacial score (nSPS) is 16.7. The van der Waals surface area contributed by atoms with Crippen LogP contribution in [0.2, 0.25) is 10.2 Å². The maximum absolute atomic E-state index is 6.34. The lowest BCUT2D eigenvalue weighted by Crippen LogP contribution is -2.43. The molecule has 0 atom stereocenters. The van der Waals surface area contributed by atoms with Crippen molar-refractivity contribution in [3.8, 4) is 0 Å². The minimum absolute atomic E-state index is 0.0380. The lowest BCUT2D eigenvalue weighted by molar-refractivity contribution is 0.292. The second-order valence-electron chi connectivity index (χ2n) is 9.15. The Kier molecular flexibility index (Phi) is 6.91. The third-order valence-corrected chi connectivity index (χ3v) is 7.62. The van der Waals surface area contributed by atoms with E-state index in [2.05, 4.69) is 56.9 Å². The van der Waals surface area contributed by atoms with Crippen molar-refractivity contribution in [3.63, 3.8) is 0 Å². The molecule has 0 saturated heterocycles. The lowest BCUT2D eigenvalue weighted by Gasteiger charge is -2.38. The molecule has 0 unspecified atom stereocenters. The minimum atomic E-state index is 0.0380. The third kappa shape index (κ3) is 5.14. The van der Waals surface area contributed by atoms with Gasteiger partial charge in [0.1, 0.15) is 11.0 Å². The van der Waals surface area contributed by atoms with Gasteiger partial charge in [-0.3, -0.25) is 0 Å². The van der Waals surface area contributed by atoms with Crippen LogP contribution in [0.3, 0.4) is 0 Å². The Morgan fingerprint density at radius 1 is 0.941 bits per heavy atom. The highest BCUT2D eigenvalue weighted by molar-refractivity contribution is 7.80. The van der Waals surface area contributed by atoms with Crippen molar-refractivity contribution in [1.82, 2.24) is 15.3 Å². The fourth-order valence-electron chi connectivity index (χ4n) is 5.11. The van der Waals surface area contributed by atoms with Crippen LogP contribution in [0.5, 0.6) is 0 Å². The highest BCUT2D eigenvalue weighted by atomic mass is 35.5. The number of nitrogens with one attached hydrogen (secondary N) is 2. The zero-order valence-electron chi connectivity index (χ0n) is 18.9. The Morgan fingerprint density at radius 3 is 2.29 bits per heavy atom. The zero-order chi connectivity index (χ0) is 23.5. The Bertz CT molecular complexity index is 1150. The summed E-state index contributed by atoms with van der Waals surface area (Å²) >= 11 is 18.1. The Morgan fingerprint density at radius 2 is 1.62 bits per heavy atom. The summed E-state index contributed by atoms with van der Waals surface area (Å²) < 4.78 is 0. The minimum Gasteiger partial charge on any atom is -0.361 e. The lowest BCUT2D eigenvalue weighted by atomic mass is 9.69. The van der Waals surface area contributed by atoms with E-state index in [-0.39, 0.29) is 5.41 Å². The van der Waals surface area contributed by atoms with Gasteiger partial charge in [0, 0.05) is 36.1 Å².